The van der Waals surface area contributed by atoms with Crippen molar-refractivity contribution in [3.63, 3.8) is 0 Å². The molecular formula is C21H26FN3O2. The lowest BCUT2D eigenvalue weighted by atomic mass is 10.2. The van der Waals surface area contributed by atoms with Gasteiger partial charge in [0, 0.05) is 26.7 Å². The molecule has 6 heteroatoms. The summed E-state index contributed by atoms with van der Waals surface area (Å²) in [4.78, 5) is 6.44. The average Bonchev–Trinajstić information content (AvgIpc) is 3.07. The summed E-state index contributed by atoms with van der Waals surface area (Å²) in [5, 5.41) is 0. The SMILES string of the molecule is CCOc1ccc(CN2CCOCC2)cc1F.Cn1cnc2ccccc21. The minimum atomic E-state index is -0.280. The molecule has 0 bridgehead atoms. The number of imidazole rings is 1. The lowest BCUT2D eigenvalue weighted by Gasteiger charge is -2.26. The van der Waals surface area contributed by atoms with Crippen LogP contribution in [0, 0.1) is 5.82 Å². The Balaban J connectivity index is 0.000000177. The molecule has 27 heavy (non-hydrogen) atoms. The molecule has 0 unspecified atom stereocenters. The fraction of sp³-hybridized carbons (Fsp3) is 0.381. The van der Waals surface area contributed by atoms with E-state index in [4.69, 9.17) is 9.47 Å². The van der Waals surface area contributed by atoms with E-state index >= 15 is 0 Å². The Hall–Kier alpha value is -2.44. The monoisotopic (exact) mass is 371 g/mol. The molecule has 0 radical (unpaired) electrons. The van der Waals surface area contributed by atoms with Crippen molar-refractivity contribution in [1.29, 1.82) is 0 Å². The number of fused-ring (bicyclic) bond motifs is 1. The normalized spacial score (nSPS) is 14.6. The number of halogens is 1. The van der Waals surface area contributed by atoms with Crippen LogP contribution >= 0.6 is 0 Å². The number of benzene rings is 2. The molecule has 2 heterocycles. The van der Waals surface area contributed by atoms with E-state index < -0.39 is 0 Å². The maximum Gasteiger partial charge on any atom is 0.165 e. The zero-order chi connectivity index (χ0) is 19.1. The first-order valence-corrected chi connectivity index (χ1v) is 9.24. The van der Waals surface area contributed by atoms with E-state index in [1.54, 1.807) is 12.1 Å². The van der Waals surface area contributed by atoms with Gasteiger partial charge in [-0.25, -0.2) is 9.37 Å². The van der Waals surface area contributed by atoms with Crippen molar-refractivity contribution >= 4 is 11.0 Å². The molecule has 0 amide bonds. The third kappa shape index (κ3) is 5.28. The summed E-state index contributed by atoms with van der Waals surface area (Å²) in [5.41, 5.74) is 3.22. The van der Waals surface area contributed by atoms with Gasteiger partial charge in [-0.2, -0.15) is 0 Å². The summed E-state index contributed by atoms with van der Waals surface area (Å²) in [6.45, 7) is 6.45. The number of ether oxygens (including phenoxy) is 2. The topological polar surface area (TPSA) is 39.5 Å². The van der Waals surface area contributed by atoms with Crippen molar-refractivity contribution in [2.24, 2.45) is 7.05 Å². The maximum atomic E-state index is 13.6. The van der Waals surface area contributed by atoms with Gasteiger partial charge in [-0.1, -0.05) is 18.2 Å². The molecule has 0 saturated carbocycles. The summed E-state index contributed by atoms with van der Waals surface area (Å²) in [5.74, 6) is 0.0517. The quantitative estimate of drug-likeness (QED) is 0.702. The Morgan fingerprint density at radius 3 is 2.63 bits per heavy atom. The van der Waals surface area contributed by atoms with Gasteiger partial charge < -0.3 is 14.0 Å². The molecule has 1 aromatic heterocycles. The number of aryl methyl sites for hydroxylation is 1. The van der Waals surface area contributed by atoms with Crippen LogP contribution in [-0.2, 0) is 18.3 Å². The lowest BCUT2D eigenvalue weighted by Crippen LogP contribution is -2.35. The van der Waals surface area contributed by atoms with Gasteiger partial charge in [0.15, 0.2) is 11.6 Å². The molecule has 1 aliphatic rings. The van der Waals surface area contributed by atoms with Crippen LogP contribution in [0.1, 0.15) is 12.5 Å². The van der Waals surface area contributed by atoms with E-state index in [2.05, 4.69) is 16.0 Å². The molecule has 0 atom stereocenters. The first-order valence-electron chi connectivity index (χ1n) is 9.24. The van der Waals surface area contributed by atoms with Crippen LogP contribution in [0.4, 0.5) is 4.39 Å². The van der Waals surface area contributed by atoms with Crippen LogP contribution in [0.25, 0.3) is 11.0 Å². The minimum absolute atomic E-state index is 0.280. The second-order valence-electron chi connectivity index (χ2n) is 6.43. The van der Waals surface area contributed by atoms with E-state index in [1.807, 2.05) is 49.1 Å². The molecule has 0 aliphatic carbocycles. The summed E-state index contributed by atoms with van der Waals surface area (Å²) >= 11 is 0. The second-order valence-corrected chi connectivity index (χ2v) is 6.43. The van der Waals surface area contributed by atoms with Gasteiger partial charge in [0.1, 0.15) is 0 Å². The minimum Gasteiger partial charge on any atom is -0.491 e. The van der Waals surface area contributed by atoms with E-state index in [-0.39, 0.29) is 5.82 Å². The molecule has 144 valence electrons. The van der Waals surface area contributed by atoms with Crippen molar-refractivity contribution in [3.8, 4) is 5.75 Å². The van der Waals surface area contributed by atoms with Crippen molar-refractivity contribution in [2.75, 3.05) is 32.9 Å². The molecule has 0 spiro atoms. The summed E-state index contributed by atoms with van der Waals surface area (Å²) in [6.07, 6.45) is 1.82. The summed E-state index contributed by atoms with van der Waals surface area (Å²) in [6, 6.07) is 13.3. The number of para-hydroxylation sites is 2. The molecule has 1 saturated heterocycles. The largest absolute Gasteiger partial charge is 0.491 e. The van der Waals surface area contributed by atoms with Gasteiger partial charge in [0.05, 0.1) is 37.2 Å². The number of morpholine rings is 1. The van der Waals surface area contributed by atoms with Gasteiger partial charge in [0.2, 0.25) is 0 Å². The molecule has 1 fully saturated rings. The Labute approximate surface area is 159 Å². The number of hydrogen-bond donors (Lipinski definition) is 0. The highest BCUT2D eigenvalue weighted by Gasteiger charge is 2.12. The van der Waals surface area contributed by atoms with Crippen LogP contribution < -0.4 is 4.74 Å². The van der Waals surface area contributed by atoms with E-state index in [9.17, 15) is 4.39 Å². The Kier molecular flexibility index (Phi) is 6.79. The van der Waals surface area contributed by atoms with Crippen LogP contribution in [0.2, 0.25) is 0 Å². The summed E-state index contributed by atoms with van der Waals surface area (Å²) in [7, 11) is 2.00. The van der Waals surface area contributed by atoms with E-state index in [1.165, 1.54) is 5.52 Å². The molecule has 3 aromatic rings. The third-order valence-electron chi connectivity index (χ3n) is 4.44. The number of hydrogen-bond acceptors (Lipinski definition) is 4. The zero-order valence-electron chi connectivity index (χ0n) is 15.9. The Bertz CT molecular complexity index is 860. The summed E-state index contributed by atoms with van der Waals surface area (Å²) < 4.78 is 26.1. The van der Waals surface area contributed by atoms with Gasteiger partial charge in [-0.15, -0.1) is 0 Å². The average molecular weight is 371 g/mol. The van der Waals surface area contributed by atoms with Crippen LogP contribution in [0.15, 0.2) is 48.8 Å². The Morgan fingerprint density at radius 1 is 1.15 bits per heavy atom. The van der Waals surface area contributed by atoms with Crippen molar-refractivity contribution in [1.82, 2.24) is 14.5 Å². The number of aromatic nitrogens is 2. The maximum absolute atomic E-state index is 13.6. The molecule has 1 aliphatic heterocycles. The Morgan fingerprint density at radius 2 is 1.93 bits per heavy atom. The highest BCUT2D eigenvalue weighted by Crippen LogP contribution is 2.19. The molecule has 2 aromatic carbocycles. The van der Waals surface area contributed by atoms with Gasteiger partial charge in [-0.3, -0.25) is 4.90 Å². The van der Waals surface area contributed by atoms with E-state index in [0.717, 1.165) is 43.9 Å². The third-order valence-corrected chi connectivity index (χ3v) is 4.44. The first kappa shape index (κ1) is 19.3. The van der Waals surface area contributed by atoms with Crippen LogP contribution in [-0.4, -0.2) is 47.4 Å². The second kappa shape index (κ2) is 9.48. The predicted octanol–water partition coefficient (Wildman–Crippen LogP) is 3.63. The van der Waals surface area contributed by atoms with E-state index in [0.29, 0.717) is 12.4 Å². The van der Waals surface area contributed by atoms with Crippen molar-refractivity contribution in [2.45, 2.75) is 13.5 Å². The van der Waals surface area contributed by atoms with Crippen molar-refractivity contribution in [3.05, 3.63) is 60.2 Å². The van der Waals surface area contributed by atoms with Gasteiger partial charge in [-0.05, 0) is 36.8 Å². The zero-order valence-corrected chi connectivity index (χ0v) is 15.9. The lowest BCUT2D eigenvalue weighted by molar-refractivity contribution is 0.0341. The van der Waals surface area contributed by atoms with Crippen LogP contribution in [0.5, 0.6) is 5.75 Å². The predicted molar refractivity (Wildman–Crippen MR) is 104 cm³/mol. The fourth-order valence-electron chi connectivity index (χ4n) is 3.02. The number of nitrogens with zero attached hydrogens (tertiary/aromatic N) is 3. The van der Waals surface area contributed by atoms with Crippen molar-refractivity contribution < 1.29 is 13.9 Å². The van der Waals surface area contributed by atoms with Crippen LogP contribution in [0.3, 0.4) is 0 Å². The van der Waals surface area contributed by atoms with Gasteiger partial charge in [0.25, 0.3) is 0 Å². The first-order chi connectivity index (χ1) is 13.2. The number of rotatable bonds is 4. The highest BCUT2D eigenvalue weighted by molar-refractivity contribution is 5.74. The molecule has 0 N–H and O–H groups in total. The van der Waals surface area contributed by atoms with Gasteiger partial charge >= 0.3 is 0 Å². The molecule has 5 nitrogen and oxygen atoms in total. The smallest absolute Gasteiger partial charge is 0.165 e. The fourth-order valence-corrected chi connectivity index (χ4v) is 3.02. The standard InChI is InChI=1S/C13H18FNO2.C8H8N2/c1-2-17-13-4-3-11(9-12(13)14)10-15-5-7-16-8-6-15;1-10-6-9-7-4-2-3-5-8(7)10/h3-4,9H,2,5-8,10H2,1H3;2-6H,1H3. The molecule has 4 rings (SSSR count). The highest BCUT2D eigenvalue weighted by atomic mass is 19.1. The molecular weight excluding hydrogens is 345 g/mol.